The number of hydrogen-bond donors (Lipinski definition) is 2. The molecular weight excluding hydrogens is 396 g/mol. The molecule has 3 heterocycles. The van der Waals surface area contributed by atoms with Gasteiger partial charge < -0.3 is 14.8 Å². The third kappa shape index (κ3) is 3.12. The standard InChI is InChI=1S/C28H32N2O2/c1-28-16-20-15-26(31)19(12-18-6-5-7-22(13-18)32-2)14-21(20)17-30(28)11-10-24-23-8-3-4-9-25(23)29-27(24)28/h3-9,12-13,20-21,26,29,31H,10-11,14-17H2,1-2H3/b19-12+. The van der Waals surface area contributed by atoms with E-state index in [9.17, 15) is 5.11 Å². The zero-order valence-corrected chi connectivity index (χ0v) is 19.0. The largest absolute Gasteiger partial charge is 0.497 e. The molecule has 2 N–H and O–H groups in total. The average molecular weight is 429 g/mol. The summed E-state index contributed by atoms with van der Waals surface area (Å²) in [6.45, 7) is 4.65. The van der Waals surface area contributed by atoms with Crippen LogP contribution in [0.3, 0.4) is 0 Å². The minimum atomic E-state index is -0.358. The lowest BCUT2D eigenvalue weighted by Crippen LogP contribution is -2.57. The molecule has 0 amide bonds. The van der Waals surface area contributed by atoms with Crippen molar-refractivity contribution in [2.75, 3.05) is 20.2 Å². The van der Waals surface area contributed by atoms with Crippen LogP contribution in [0.25, 0.3) is 17.0 Å². The van der Waals surface area contributed by atoms with Crippen LogP contribution >= 0.6 is 0 Å². The second kappa shape index (κ2) is 7.50. The van der Waals surface area contributed by atoms with Crippen LogP contribution in [0.4, 0.5) is 0 Å². The predicted octanol–water partition coefficient (Wildman–Crippen LogP) is 5.12. The Bertz CT molecular complexity index is 1200. The number of methoxy groups -OCH3 is 1. The van der Waals surface area contributed by atoms with Crippen LogP contribution in [-0.2, 0) is 12.0 Å². The van der Waals surface area contributed by atoms with Crippen LogP contribution in [0, 0.1) is 11.8 Å². The summed E-state index contributed by atoms with van der Waals surface area (Å²) in [5.41, 5.74) is 6.49. The number of para-hydroxylation sites is 1. The van der Waals surface area contributed by atoms with Crippen molar-refractivity contribution in [3.63, 3.8) is 0 Å². The Kier molecular flexibility index (Phi) is 4.70. The van der Waals surface area contributed by atoms with Crippen molar-refractivity contribution in [3.8, 4) is 5.75 Å². The fraction of sp³-hybridized carbons (Fsp3) is 0.429. The molecule has 0 radical (unpaired) electrons. The monoisotopic (exact) mass is 428 g/mol. The van der Waals surface area contributed by atoms with Gasteiger partial charge in [-0.3, -0.25) is 4.90 Å². The van der Waals surface area contributed by atoms with E-state index in [2.05, 4.69) is 53.2 Å². The first kappa shape index (κ1) is 20.1. The highest BCUT2D eigenvalue weighted by atomic mass is 16.5. The van der Waals surface area contributed by atoms with E-state index in [1.54, 1.807) is 7.11 Å². The van der Waals surface area contributed by atoms with E-state index in [4.69, 9.17) is 4.74 Å². The Hall–Kier alpha value is -2.56. The third-order valence-corrected chi connectivity index (χ3v) is 8.36. The Morgan fingerprint density at radius 3 is 2.91 bits per heavy atom. The lowest BCUT2D eigenvalue weighted by molar-refractivity contribution is -0.0402. The summed E-state index contributed by atoms with van der Waals surface area (Å²) in [7, 11) is 1.70. The highest BCUT2D eigenvalue weighted by Gasteiger charge is 2.49. The molecule has 166 valence electrons. The van der Waals surface area contributed by atoms with Gasteiger partial charge in [0.05, 0.1) is 18.8 Å². The molecule has 0 spiro atoms. The van der Waals surface area contributed by atoms with Crippen molar-refractivity contribution in [1.29, 1.82) is 0 Å². The van der Waals surface area contributed by atoms with Gasteiger partial charge in [0.15, 0.2) is 0 Å². The second-order valence-corrected chi connectivity index (χ2v) is 10.2. The first-order valence-corrected chi connectivity index (χ1v) is 11.9. The summed E-state index contributed by atoms with van der Waals surface area (Å²) in [5, 5.41) is 12.5. The van der Waals surface area contributed by atoms with Crippen LogP contribution in [0.2, 0.25) is 0 Å². The van der Waals surface area contributed by atoms with E-state index in [0.29, 0.717) is 11.8 Å². The zero-order chi connectivity index (χ0) is 21.9. The number of aromatic nitrogens is 1. The summed E-state index contributed by atoms with van der Waals surface area (Å²) >= 11 is 0. The quantitative estimate of drug-likeness (QED) is 0.595. The average Bonchev–Trinajstić information content (AvgIpc) is 3.19. The Labute approximate surface area is 189 Å². The number of aliphatic hydroxyl groups excluding tert-OH is 1. The molecule has 4 atom stereocenters. The van der Waals surface area contributed by atoms with Gasteiger partial charge in [-0.25, -0.2) is 0 Å². The molecule has 32 heavy (non-hydrogen) atoms. The van der Waals surface area contributed by atoms with Gasteiger partial charge in [0.25, 0.3) is 0 Å². The third-order valence-electron chi connectivity index (χ3n) is 8.36. The molecule has 2 fully saturated rings. The highest BCUT2D eigenvalue weighted by Crippen LogP contribution is 2.51. The number of fused-ring (bicyclic) bond motifs is 6. The number of benzene rings is 2. The van der Waals surface area contributed by atoms with Crippen LogP contribution < -0.4 is 4.74 Å². The maximum absolute atomic E-state index is 11.1. The fourth-order valence-electron chi connectivity index (χ4n) is 6.69. The van der Waals surface area contributed by atoms with Gasteiger partial charge in [0.1, 0.15) is 5.75 Å². The Balaban J connectivity index is 1.29. The second-order valence-electron chi connectivity index (χ2n) is 10.2. The summed E-state index contributed by atoms with van der Waals surface area (Å²) in [6.07, 6.45) is 5.89. The molecule has 1 saturated carbocycles. The number of aromatic amines is 1. The van der Waals surface area contributed by atoms with Crippen LogP contribution in [0.1, 0.15) is 43.0 Å². The summed E-state index contributed by atoms with van der Waals surface area (Å²) in [4.78, 5) is 6.50. The normalized spacial score (nSPS) is 31.2. The smallest absolute Gasteiger partial charge is 0.119 e. The van der Waals surface area contributed by atoms with Crippen molar-refractivity contribution in [1.82, 2.24) is 9.88 Å². The Morgan fingerprint density at radius 1 is 1.16 bits per heavy atom. The predicted molar refractivity (Wildman–Crippen MR) is 129 cm³/mol. The first-order chi connectivity index (χ1) is 15.5. The van der Waals surface area contributed by atoms with E-state index in [0.717, 1.165) is 50.1 Å². The van der Waals surface area contributed by atoms with Gasteiger partial charge in [-0.1, -0.05) is 36.4 Å². The van der Waals surface area contributed by atoms with Crippen molar-refractivity contribution < 1.29 is 9.84 Å². The number of piperidine rings is 1. The number of nitrogens with one attached hydrogen (secondary N) is 1. The molecular formula is C28H32N2O2. The highest BCUT2D eigenvalue weighted by molar-refractivity contribution is 5.85. The van der Waals surface area contributed by atoms with E-state index < -0.39 is 0 Å². The minimum Gasteiger partial charge on any atom is -0.497 e. The minimum absolute atomic E-state index is 0.0293. The van der Waals surface area contributed by atoms with E-state index >= 15 is 0 Å². The maximum atomic E-state index is 11.1. The molecule has 3 aliphatic rings. The lowest BCUT2D eigenvalue weighted by Gasteiger charge is -2.55. The van der Waals surface area contributed by atoms with Crippen molar-refractivity contribution in [2.45, 2.75) is 44.2 Å². The van der Waals surface area contributed by atoms with Crippen molar-refractivity contribution >= 4 is 17.0 Å². The van der Waals surface area contributed by atoms with Crippen molar-refractivity contribution in [2.24, 2.45) is 11.8 Å². The number of aliphatic hydroxyl groups is 1. The van der Waals surface area contributed by atoms with Gasteiger partial charge in [-0.05, 0) is 79.3 Å². The fourth-order valence-corrected chi connectivity index (χ4v) is 6.69. The molecule has 2 aliphatic heterocycles. The molecule has 2 aromatic carbocycles. The number of rotatable bonds is 2. The lowest BCUT2D eigenvalue weighted by atomic mass is 9.64. The van der Waals surface area contributed by atoms with Gasteiger partial charge in [-0.2, -0.15) is 0 Å². The van der Waals surface area contributed by atoms with Gasteiger partial charge in [0.2, 0.25) is 0 Å². The first-order valence-electron chi connectivity index (χ1n) is 11.9. The topological polar surface area (TPSA) is 48.5 Å². The summed E-state index contributed by atoms with van der Waals surface area (Å²) in [6, 6.07) is 16.8. The van der Waals surface area contributed by atoms with E-state index in [-0.39, 0.29) is 11.6 Å². The number of hydrogen-bond acceptors (Lipinski definition) is 3. The molecule has 3 aromatic rings. The molecule has 1 saturated heterocycles. The van der Waals surface area contributed by atoms with Crippen LogP contribution in [0.5, 0.6) is 5.75 Å². The SMILES string of the molecule is COc1cccc(/C=C2\CC3CN4CCc5c([nH]c6ccccc56)C4(C)CC3CC2O)c1. The number of H-pyrrole nitrogens is 1. The summed E-state index contributed by atoms with van der Waals surface area (Å²) < 4.78 is 5.38. The van der Waals surface area contributed by atoms with E-state index in [1.165, 1.54) is 27.7 Å². The maximum Gasteiger partial charge on any atom is 0.119 e. The van der Waals surface area contributed by atoms with Gasteiger partial charge in [-0.15, -0.1) is 0 Å². The Morgan fingerprint density at radius 2 is 2.03 bits per heavy atom. The molecule has 0 bridgehead atoms. The van der Waals surface area contributed by atoms with Crippen LogP contribution in [0.15, 0.2) is 54.1 Å². The molecule has 6 rings (SSSR count). The van der Waals surface area contributed by atoms with E-state index in [1.807, 2.05) is 18.2 Å². The van der Waals surface area contributed by atoms with Crippen LogP contribution in [-0.4, -0.2) is 41.3 Å². The zero-order valence-electron chi connectivity index (χ0n) is 19.0. The van der Waals surface area contributed by atoms with Crippen molar-refractivity contribution in [3.05, 3.63) is 70.9 Å². The molecule has 4 heteroatoms. The number of ether oxygens (including phenoxy) is 1. The molecule has 1 aromatic heterocycles. The summed E-state index contributed by atoms with van der Waals surface area (Å²) in [5.74, 6) is 2.01. The molecule has 4 nitrogen and oxygen atoms in total. The number of nitrogens with zero attached hydrogens (tertiary/aromatic N) is 1. The molecule has 1 aliphatic carbocycles. The van der Waals surface area contributed by atoms with Gasteiger partial charge in [0, 0.05) is 29.7 Å². The van der Waals surface area contributed by atoms with Gasteiger partial charge >= 0.3 is 0 Å². The molecule has 4 unspecified atom stereocenters.